The molecule has 5 heteroatoms. The van der Waals surface area contributed by atoms with Crippen LogP contribution in [0.15, 0.2) is 53.3 Å². The zero-order valence-electron chi connectivity index (χ0n) is 11.9. The van der Waals surface area contributed by atoms with Crippen molar-refractivity contribution in [2.75, 3.05) is 7.11 Å². The third-order valence-corrected chi connectivity index (χ3v) is 3.69. The first-order valence-electron chi connectivity index (χ1n) is 6.90. The van der Waals surface area contributed by atoms with Gasteiger partial charge in [0.2, 0.25) is 5.56 Å². The minimum Gasteiger partial charge on any atom is -0.497 e. The lowest BCUT2D eigenvalue weighted by Gasteiger charge is -2.00. The SMILES string of the molecule is COc1ccc(-c2nc3cc4ccc(=O)[nH]c4cc3[nH]2)cc1. The van der Waals surface area contributed by atoms with E-state index in [4.69, 9.17) is 4.74 Å². The van der Waals surface area contributed by atoms with Gasteiger partial charge in [0.1, 0.15) is 11.6 Å². The molecule has 0 spiro atoms. The van der Waals surface area contributed by atoms with Crippen LogP contribution in [-0.4, -0.2) is 22.1 Å². The van der Waals surface area contributed by atoms with Crippen molar-refractivity contribution in [3.05, 3.63) is 58.9 Å². The van der Waals surface area contributed by atoms with Crippen molar-refractivity contribution in [1.82, 2.24) is 15.0 Å². The summed E-state index contributed by atoms with van der Waals surface area (Å²) in [5.41, 5.74) is 3.42. The number of ether oxygens (including phenoxy) is 1. The van der Waals surface area contributed by atoms with Gasteiger partial charge < -0.3 is 14.7 Å². The molecule has 0 fully saturated rings. The van der Waals surface area contributed by atoms with Gasteiger partial charge in [0, 0.05) is 17.0 Å². The summed E-state index contributed by atoms with van der Waals surface area (Å²) in [5, 5.41) is 0.958. The molecule has 0 saturated carbocycles. The van der Waals surface area contributed by atoms with E-state index in [1.165, 1.54) is 6.07 Å². The lowest BCUT2D eigenvalue weighted by Crippen LogP contribution is -2.01. The molecule has 0 atom stereocenters. The fourth-order valence-electron chi connectivity index (χ4n) is 2.54. The molecule has 4 rings (SSSR count). The maximum absolute atomic E-state index is 11.4. The highest BCUT2D eigenvalue weighted by atomic mass is 16.5. The number of methoxy groups -OCH3 is 1. The van der Waals surface area contributed by atoms with E-state index in [0.717, 1.165) is 39.1 Å². The van der Waals surface area contributed by atoms with Gasteiger partial charge in [-0.05, 0) is 42.5 Å². The quantitative estimate of drug-likeness (QED) is 0.596. The van der Waals surface area contributed by atoms with Crippen LogP contribution in [-0.2, 0) is 0 Å². The zero-order chi connectivity index (χ0) is 15.1. The first-order valence-corrected chi connectivity index (χ1v) is 6.90. The molecule has 2 aromatic carbocycles. The molecule has 108 valence electrons. The van der Waals surface area contributed by atoms with Crippen LogP contribution in [0.3, 0.4) is 0 Å². The van der Waals surface area contributed by atoms with Gasteiger partial charge in [0.25, 0.3) is 0 Å². The van der Waals surface area contributed by atoms with Gasteiger partial charge in [-0.2, -0.15) is 0 Å². The highest BCUT2D eigenvalue weighted by Gasteiger charge is 2.07. The second-order valence-electron chi connectivity index (χ2n) is 5.09. The Kier molecular flexibility index (Phi) is 2.72. The number of aromatic amines is 2. The van der Waals surface area contributed by atoms with Crippen LogP contribution < -0.4 is 10.3 Å². The van der Waals surface area contributed by atoms with Crippen molar-refractivity contribution in [2.45, 2.75) is 0 Å². The second-order valence-corrected chi connectivity index (χ2v) is 5.09. The van der Waals surface area contributed by atoms with Gasteiger partial charge in [0.15, 0.2) is 0 Å². The molecule has 2 aromatic heterocycles. The number of nitrogens with zero attached hydrogens (tertiary/aromatic N) is 1. The third-order valence-electron chi connectivity index (χ3n) is 3.69. The number of pyridine rings is 1. The van der Waals surface area contributed by atoms with E-state index in [1.54, 1.807) is 13.2 Å². The fraction of sp³-hybridized carbons (Fsp3) is 0.0588. The van der Waals surface area contributed by atoms with Crippen LogP contribution in [0.5, 0.6) is 5.75 Å². The number of hydrogen-bond acceptors (Lipinski definition) is 3. The van der Waals surface area contributed by atoms with Crippen molar-refractivity contribution >= 4 is 21.9 Å². The third kappa shape index (κ3) is 2.03. The summed E-state index contributed by atoms with van der Waals surface area (Å²) in [6.45, 7) is 0. The Labute approximate surface area is 125 Å². The smallest absolute Gasteiger partial charge is 0.248 e. The molecule has 22 heavy (non-hydrogen) atoms. The molecule has 0 saturated heterocycles. The molecule has 0 bridgehead atoms. The first kappa shape index (κ1) is 12.6. The molecular formula is C17H13N3O2. The summed E-state index contributed by atoms with van der Waals surface area (Å²) in [7, 11) is 1.64. The Balaban J connectivity index is 1.88. The number of benzene rings is 2. The molecule has 0 aliphatic rings. The summed E-state index contributed by atoms with van der Waals surface area (Å²) in [6.07, 6.45) is 0. The summed E-state index contributed by atoms with van der Waals surface area (Å²) >= 11 is 0. The molecule has 2 N–H and O–H groups in total. The second kappa shape index (κ2) is 4.73. The summed E-state index contributed by atoms with van der Waals surface area (Å²) in [4.78, 5) is 22.1. The van der Waals surface area contributed by atoms with Crippen molar-refractivity contribution in [2.24, 2.45) is 0 Å². The lowest BCUT2D eigenvalue weighted by molar-refractivity contribution is 0.415. The maximum atomic E-state index is 11.4. The van der Waals surface area contributed by atoms with E-state index in [-0.39, 0.29) is 5.56 Å². The molecule has 0 unspecified atom stereocenters. The van der Waals surface area contributed by atoms with Crippen molar-refractivity contribution < 1.29 is 4.74 Å². The molecular weight excluding hydrogens is 278 g/mol. The van der Waals surface area contributed by atoms with E-state index < -0.39 is 0 Å². The molecule has 0 radical (unpaired) electrons. The van der Waals surface area contributed by atoms with Crippen molar-refractivity contribution in [3.63, 3.8) is 0 Å². The molecule has 0 aliphatic carbocycles. The summed E-state index contributed by atoms with van der Waals surface area (Å²) in [6, 6.07) is 14.9. The van der Waals surface area contributed by atoms with Crippen LogP contribution in [0.2, 0.25) is 0 Å². The van der Waals surface area contributed by atoms with Gasteiger partial charge in [-0.3, -0.25) is 4.79 Å². The van der Waals surface area contributed by atoms with Gasteiger partial charge in [-0.1, -0.05) is 0 Å². The average Bonchev–Trinajstić information content (AvgIpc) is 2.95. The maximum Gasteiger partial charge on any atom is 0.248 e. The largest absolute Gasteiger partial charge is 0.497 e. The average molecular weight is 291 g/mol. The highest BCUT2D eigenvalue weighted by molar-refractivity contribution is 5.94. The number of imidazole rings is 1. The molecule has 4 aromatic rings. The Bertz CT molecular complexity index is 1030. The molecule has 2 heterocycles. The van der Waals surface area contributed by atoms with Crippen LogP contribution in [0.25, 0.3) is 33.3 Å². The molecule has 0 aliphatic heterocycles. The fourth-order valence-corrected chi connectivity index (χ4v) is 2.54. The topological polar surface area (TPSA) is 70.8 Å². The number of nitrogens with one attached hydrogen (secondary N) is 2. The van der Waals surface area contributed by atoms with Crippen LogP contribution in [0.4, 0.5) is 0 Å². The Hall–Kier alpha value is -3.08. The Morgan fingerprint density at radius 2 is 1.77 bits per heavy atom. The van der Waals surface area contributed by atoms with E-state index >= 15 is 0 Å². The van der Waals surface area contributed by atoms with E-state index in [2.05, 4.69) is 15.0 Å². The van der Waals surface area contributed by atoms with E-state index in [9.17, 15) is 4.79 Å². The lowest BCUT2D eigenvalue weighted by atomic mass is 10.2. The molecule has 0 amide bonds. The van der Waals surface area contributed by atoms with E-state index in [1.807, 2.05) is 36.4 Å². The minimum absolute atomic E-state index is 0.109. The molecule has 5 nitrogen and oxygen atoms in total. The van der Waals surface area contributed by atoms with Gasteiger partial charge in [0.05, 0.1) is 23.7 Å². The standard InChI is InChI=1S/C17H13N3O2/c1-22-12-5-2-10(3-6-12)17-19-14-8-11-4-7-16(21)18-13(11)9-15(14)20-17/h2-9H,1H3,(H,18,21)(H,19,20). The Morgan fingerprint density at radius 1 is 0.955 bits per heavy atom. The number of aromatic nitrogens is 3. The number of rotatable bonds is 2. The normalized spacial score (nSPS) is 11.1. The van der Waals surface area contributed by atoms with Gasteiger partial charge >= 0.3 is 0 Å². The number of fused-ring (bicyclic) bond motifs is 2. The van der Waals surface area contributed by atoms with E-state index in [0.29, 0.717) is 0 Å². The Morgan fingerprint density at radius 3 is 2.55 bits per heavy atom. The van der Waals surface area contributed by atoms with Crippen LogP contribution in [0, 0.1) is 0 Å². The van der Waals surface area contributed by atoms with Crippen molar-refractivity contribution in [3.8, 4) is 17.1 Å². The van der Waals surface area contributed by atoms with Gasteiger partial charge in [-0.15, -0.1) is 0 Å². The number of H-pyrrole nitrogens is 2. The number of hydrogen-bond donors (Lipinski definition) is 2. The summed E-state index contributed by atoms with van der Waals surface area (Å²) < 4.78 is 5.16. The van der Waals surface area contributed by atoms with Crippen LogP contribution in [0.1, 0.15) is 0 Å². The zero-order valence-corrected chi connectivity index (χ0v) is 11.9. The predicted octanol–water partition coefficient (Wildman–Crippen LogP) is 3.08. The predicted molar refractivity (Wildman–Crippen MR) is 86.2 cm³/mol. The first-order chi connectivity index (χ1) is 10.7. The monoisotopic (exact) mass is 291 g/mol. The van der Waals surface area contributed by atoms with Crippen LogP contribution >= 0.6 is 0 Å². The van der Waals surface area contributed by atoms with Gasteiger partial charge in [-0.25, -0.2) is 4.98 Å². The van der Waals surface area contributed by atoms with Crippen molar-refractivity contribution in [1.29, 1.82) is 0 Å². The highest BCUT2D eigenvalue weighted by Crippen LogP contribution is 2.25. The summed E-state index contributed by atoms with van der Waals surface area (Å²) in [5.74, 6) is 1.60. The minimum atomic E-state index is -0.109.